The van der Waals surface area contributed by atoms with Crippen molar-refractivity contribution in [2.75, 3.05) is 18.0 Å². The molecule has 2 aliphatic rings. The van der Waals surface area contributed by atoms with Gasteiger partial charge >= 0.3 is 12.0 Å². The van der Waals surface area contributed by atoms with Crippen molar-refractivity contribution in [2.45, 2.75) is 65.0 Å². The van der Waals surface area contributed by atoms with E-state index in [1.807, 2.05) is 47.4 Å². The zero-order valence-electron chi connectivity index (χ0n) is 24.8. The SMILES string of the molecule is CC(C)(C)C1CCC(N2C(=O)N(c3ccc(-c4ccccc4)cc3)CC2c2ccc(C(=O)NCCC(=O)O)cc2)CC1. The van der Waals surface area contributed by atoms with Crippen LogP contribution in [0.2, 0.25) is 0 Å². The van der Waals surface area contributed by atoms with Crippen LogP contribution in [0.5, 0.6) is 0 Å². The van der Waals surface area contributed by atoms with Crippen molar-refractivity contribution in [1.29, 1.82) is 0 Å². The predicted octanol–water partition coefficient (Wildman–Crippen LogP) is 7.15. The minimum atomic E-state index is -0.951. The lowest BCUT2D eigenvalue weighted by molar-refractivity contribution is -0.136. The third kappa shape index (κ3) is 6.51. The van der Waals surface area contributed by atoms with Gasteiger partial charge in [-0.05, 0) is 78.0 Å². The smallest absolute Gasteiger partial charge is 0.325 e. The summed E-state index contributed by atoms with van der Waals surface area (Å²) in [5, 5.41) is 11.5. The van der Waals surface area contributed by atoms with Crippen molar-refractivity contribution in [3.05, 3.63) is 90.0 Å². The Balaban J connectivity index is 1.38. The Kier molecular flexibility index (Phi) is 8.66. The van der Waals surface area contributed by atoms with Gasteiger partial charge in [-0.2, -0.15) is 0 Å². The molecule has 3 aromatic carbocycles. The first-order chi connectivity index (χ1) is 20.1. The number of nitrogens with one attached hydrogen (secondary N) is 1. The fourth-order valence-electron chi connectivity index (χ4n) is 6.43. The second-order valence-corrected chi connectivity index (χ2v) is 12.6. The molecule has 3 aromatic rings. The number of aliphatic carboxylic acids is 1. The van der Waals surface area contributed by atoms with E-state index in [2.05, 4.69) is 55.3 Å². The molecule has 3 amide bonds. The maximum atomic E-state index is 14.1. The number of carbonyl (C=O) groups excluding carboxylic acids is 2. The molecule has 0 spiro atoms. The zero-order chi connectivity index (χ0) is 29.9. The number of benzene rings is 3. The lowest BCUT2D eigenvalue weighted by atomic mass is 9.71. The first kappa shape index (κ1) is 29.4. The highest BCUT2D eigenvalue weighted by molar-refractivity contribution is 5.96. The van der Waals surface area contributed by atoms with Crippen LogP contribution in [0.1, 0.15) is 74.8 Å². The summed E-state index contributed by atoms with van der Waals surface area (Å²) in [4.78, 5) is 41.4. The third-order valence-corrected chi connectivity index (χ3v) is 8.93. The van der Waals surface area contributed by atoms with E-state index in [1.54, 1.807) is 12.1 Å². The molecule has 5 rings (SSSR count). The number of nitrogens with zero attached hydrogens (tertiary/aromatic N) is 2. The summed E-state index contributed by atoms with van der Waals surface area (Å²) in [7, 11) is 0. The Labute approximate surface area is 248 Å². The van der Waals surface area contributed by atoms with E-state index in [1.165, 1.54) is 0 Å². The summed E-state index contributed by atoms with van der Waals surface area (Å²) in [5.74, 6) is -0.610. The number of rotatable bonds is 8. The number of carboxylic acids is 1. The van der Waals surface area contributed by atoms with Gasteiger partial charge < -0.3 is 15.3 Å². The van der Waals surface area contributed by atoms with E-state index in [4.69, 9.17) is 5.11 Å². The van der Waals surface area contributed by atoms with Gasteiger partial charge in [0, 0.05) is 23.8 Å². The van der Waals surface area contributed by atoms with Gasteiger partial charge in [0.15, 0.2) is 0 Å². The van der Waals surface area contributed by atoms with Crippen LogP contribution in [0.4, 0.5) is 10.5 Å². The van der Waals surface area contributed by atoms with Gasteiger partial charge in [0.05, 0.1) is 19.0 Å². The van der Waals surface area contributed by atoms with Gasteiger partial charge in [-0.25, -0.2) is 4.79 Å². The summed E-state index contributed by atoms with van der Waals surface area (Å²) in [6.45, 7) is 7.54. The van der Waals surface area contributed by atoms with Crippen LogP contribution < -0.4 is 10.2 Å². The number of carboxylic acid groups (broad SMARTS) is 1. The molecule has 1 aliphatic carbocycles. The molecule has 0 bridgehead atoms. The maximum Gasteiger partial charge on any atom is 0.325 e. The van der Waals surface area contributed by atoms with Crippen molar-refractivity contribution >= 4 is 23.6 Å². The molecule has 2 N–H and O–H groups in total. The molecule has 1 aliphatic heterocycles. The summed E-state index contributed by atoms with van der Waals surface area (Å²) in [5.41, 5.74) is 4.85. The maximum absolute atomic E-state index is 14.1. The molecule has 1 saturated heterocycles. The van der Waals surface area contributed by atoms with Gasteiger partial charge in [0.2, 0.25) is 0 Å². The van der Waals surface area contributed by atoms with Crippen LogP contribution in [-0.4, -0.2) is 47.0 Å². The number of urea groups is 1. The average molecular weight is 568 g/mol. The second kappa shape index (κ2) is 12.4. The number of amides is 3. The van der Waals surface area contributed by atoms with E-state index in [0.717, 1.165) is 48.1 Å². The first-order valence-electron chi connectivity index (χ1n) is 15.0. The standard InChI is InChI=1S/C35H41N3O4/c1-35(2,3)28-15-19-30(20-16-28)38-31(26-9-11-27(12-10-26)33(41)36-22-21-32(39)40)23-37(34(38)42)29-17-13-25(14-18-29)24-7-5-4-6-8-24/h4-14,17-18,28,30-31H,15-16,19-23H2,1-3H3,(H,36,41)(H,39,40). The topological polar surface area (TPSA) is 90.0 Å². The lowest BCUT2D eigenvalue weighted by Crippen LogP contribution is -2.43. The molecular weight excluding hydrogens is 526 g/mol. The van der Waals surface area contributed by atoms with Crippen molar-refractivity contribution in [2.24, 2.45) is 11.3 Å². The van der Waals surface area contributed by atoms with E-state index < -0.39 is 5.97 Å². The Morgan fingerprint density at radius 3 is 2.07 bits per heavy atom. The van der Waals surface area contributed by atoms with Crippen molar-refractivity contribution in [3.8, 4) is 11.1 Å². The van der Waals surface area contributed by atoms with Gasteiger partial charge in [-0.15, -0.1) is 0 Å². The molecule has 220 valence electrons. The minimum Gasteiger partial charge on any atom is -0.481 e. The van der Waals surface area contributed by atoms with Crippen LogP contribution >= 0.6 is 0 Å². The normalized spacial score (nSPS) is 20.9. The van der Waals surface area contributed by atoms with Gasteiger partial charge in [0.1, 0.15) is 0 Å². The number of anilines is 1. The highest BCUT2D eigenvalue weighted by Gasteiger charge is 2.44. The number of hydrogen-bond acceptors (Lipinski definition) is 3. The van der Waals surface area contributed by atoms with Crippen molar-refractivity contribution in [1.82, 2.24) is 10.2 Å². The fourth-order valence-corrected chi connectivity index (χ4v) is 6.43. The summed E-state index contributed by atoms with van der Waals surface area (Å²) in [6.07, 6.45) is 4.05. The highest BCUT2D eigenvalue weighted by Crippen LogP contribution is 2.43. The Morgan fingerprint density at radius 2 is 1.48 bits per heavy atom. The molecular formula is C35H41N3O4. The number of carbonyl (C=O) groups is 3. The Morgan fingerprint density at radius 1 is 0.857 bits per heavy atom. The molecule has 1 saturated carbocycles. The summed E-state index contributed by atoms with van der Waals surface area (Å²) >= 11 is 0. The molecule has 0 radical (unpaired) electrons. The molecule has 1 unspecified atom stereocenters. The van der Waals surface area contributed by atoms with E-state index in [-0.39, 0.29) is 42.4 Å². The quantitative estimate of drug-likeness (QED) is 0.303. The largest absolute Gasteiger partial charge is 0.481 e. The molecule has 1 heterocycles. The van der Waals surface area contributed by atoms with Crippen LogP contribution in [0, 0.1) is 11.3 Å². The second-order valence-electron chi connectivity index (χ2n) is 12.6. The van der Waals surface area contributed by atoms with E-state index in [9.17, 15) is 14.4 Å². The minimum absolute atomic E-state index is 0.0298. The van der Waals surface area contributed by atoms with Crippen LogP contribution in [-0.2, 0) is 4.79 Å². The summed E-state index contributed by atoms with van der Waals surface area (Å²) < 4.78 is 0. The van der Waals surface area contributed by atoms with Crippen LogP contribution in [0.3, 0.4) is 0 Å². The Hall–Kier alpha value is -4.13. The summed E-state index contributed by atoms with van der Waals surface area (Å²) in [6, 6.07) is 25.9. The number of hydrogen-bond donors (Lipinski definition) is 2. The zero-order valence-corrected chi connectivity index (χ0v) is 24.8. The third-order valence-electron chi connectivity index (χ3n) is 8.93. The van der Waals surface area contributed by atoms with Gasteiger partial charge in [-0.1, -0.05) is 75.4 Å². The molecule has 7 heteroatoms. The predicted molar refractivity (Wildman–Crippen MR) is 165 cm³/mol. The van der Waals surface area contributed by atoms with E-state index in [0.29, 0.717) is 18.0 Å². The molecule has 7 nitrogen and oxygen atoms in total. The van der Waals surface area contributed by atoms with Gasteiger partial charge in [-0.3, -0.25) is 14.5 Å². The first-order valence-corrected chi connectivity index (χ1v) is 15.0. The highest BCUT2D eigenvalue weighted by atomic mass is 16.4. The molecule has 42 heavy (non-hydrogen) atoms. The monoisotopic (exact) mass is 567 g/mol. The van der Waals surface area contributed by atoms with Gasteiger partial charge in [0.25, 0.3) is 5.91 Å². The van der Waals surface area contributed by atoms with Crippen molar-refractivity contribution in [3.63, 3.8) is 0 Å². The van der Waals surface area contributed by atoms with Crippen molar-refractivity contribution < 1.29 is 19.5 Å². The Bertz CT molecular complexity index is 1390. The molecule has 2 fully saturated rings. The molecule has 0 aromatic heterocycles. The van der Waals surface area contributed by atoms with E-state index >= 15 is 0 Å². The average Bonchev–Trinajstić information content (AvgIpc) is 3.34. The lowest BCUT2D eigenvalue weighted by Gasteiger charge is -2.41. The van der Waals surface area contributed by atoms with Crippen LogP contribution in [0.25, 0.3) is 11.1 Å². The van der Waals surface area contributed by atoms with Crippen LogP contribution in [0.15, 0.2) is 78.9 Å². The molecule has 1 atom stereocenters. The fraction of sp³-hybridized carbons (Fsp3) is 0.400.